The molecule has 5 heteroatoms. The summed E-state index contributed by atoms with van der Waals surface area (Å²) in [6, 6.07) is 6.95. The Hall–Kier alpha value is -1.11. The standard InChI is InChI=1S/C11H13IN2O2/c1-7(6-10(13)15)14-11(16)8-2-4-9(12)5-3-8/h2-5,7H,6H2,1H3,(H2,13,15)(H,14,16). The summed E-state index contributed by atoms with van der Waals surface area (Å²) in [5.74, 6) is -0.611. The summed E-state index contributed by atoms with van der Waals surface area (Å²) < 4.78 is 1.07. The molecule has 4 nitrogen and oxygen atoms in total. The van der Waals surface area contributed by atoms with Gasteiger partial charge in [0.25, 0.3) is 5.91 Å². The fourth-order valence-electron chi connectivity index (χ4n) is 1.26. The molecule has 1 aromatic carbocycles. The lowest BCUT2D eigenvalue weighted by atomic mass is 10.2. The number of amides is 2. The fourth-order valence-corrected chi connectivity index (χ4v) is 1.62. The molecular formula is C11H13IN2O2. The molecule has 0 aliphatic carbocycles. The van der Waals surface area contributed by atoms with E-state index in [1.54, 1.807) is 19.1 Å². The van der Waals surface area contributed by atoms with Crippen LogP contribution in [0.15, 0.2) is 24.3 Å². The molecular weight excluding hydrogens is 319 g/mol. The maximum Gasteiger partial charge on any atom is 0.251 e. The number of hydrogen-bond acceptors (Lipinski definition) is 2. The smallest absolute Gasteiger partial charge is 0.251 e. The number of nitrogens with one attached hydrogen (secondary N) is 1. The third-order valence-electron chi connectivity index (χ3n) is 1.99. The van der Waals surface area contributed by atoms with Crippen molar-refractivity contribution in [1.82, 2.24) is 5.32 Å². The van der Waals surface area contributed by atoms with E-state index in [1.165, 1.54) is 0 Å². The van der Waals surface area contributed by atoms with Crippen molar-refractivity contribution in [3.05, 3.63) is 33.4 Å². The van der Waals surface area contributed by atoms with E-state index in [0.717, 1.165) is 3.57 Å². The summed E-state index contributed by atoms with van der Waals surface area (Å²) in [6.07, 6.45) is 0.149. The lowest BCUT2D eigenvalue weighted by Gasteiger charge is -2.11. The highest BCUT2D eigenvalue weighted by Gasteiger charge is 2.11. The molecule has 0 aliphatic rings. The number of benzene rings is 1. The molecule has 2 amide bonds. The van der Waals surface area contributed by atoms with Gasteiger partial charge in [0.1, 0.15) is 0 Å². The molecule has 0 bridgehead atoms. The zero-order chi connectivity index (χ0) is 12.1. The van der Waals surface area contributed by atoms with Crippen LogP contribution in [0.1, 0.15) is 23.7 Å². The highest BCUT2D eigenvalue weighted by molar-refractivity contribution is 14.1. The summed E-state index contributed by atoms with van der Waals surface area (Å²) in [4.78, 5) is 22.3. The minimum absolute atomic E-state index is 0.149. The summed E-state index contributed by atoms with van der Waals surface area (Å²) >= 11 is 2.17. The van der Waals surface area contributed by atoms with Crippen LogP contribution >= 0.6 is 22.6 Å². The molecule has 1 atom stereocenters. The second kappa shape index (κ2) is 5.83. The number of carbonyl (C=O) groups is 2. The first-order valence-corrected chi connectivity index (χ1v) is 5.91. The fraction of sp³-hybridized carbons (Fsp3) is 0.273. The molecule has 1 unspecified atom stereocenters. The Kier molecular flexibility index (Phi) is 4.72. The molecule has 0 aromatic heterocycles. The molecule has 86 valence electrons. The molecule has 0 fully saturated rings. The normalized spacial score (nSPS) is 11.9. The Balaban J connectivity index is 2.58. The van der Waals surface area contributed by atoms with Crippen molar-refractivity contribution in [3.63, 3.8) is 0 Å². The third-order valence-corrected chi connectivity index (χ3v) is 2.71. The van der Waals surface area contributed by atoms with Gasteiger partial charge in [0.15, 0.2) is 0 Å². The molecule has 0 aliphatic heterocycles. The predicted octanol–water partition coefficient (Wildman–Crippen LogP) is 1.28. The Bertz CT molecular complexity index is 389. The highest BCUT2D eigenvalue weighted by atomic mass is 127. The van der Waals surface area contributed by atoms with Crippen LogP contribution in [-0.2, 0) is 4.79 Å². The van der Waals surface area contributed by atoms with E-state index >= 15 is 0 Å². The van der Waals surface area contributed by atoms with E-state index in [1.807, 2.05) is 12.1 Å². The lowest BCUT2D eigenvalue weighted by molar-refractivity contribution is -0.118. The first-order chi connectivity index (χ1) is 7.49. The van der Waals surface area contributed by atoms with Crippen molar-refractivity contribution in [3.8, 4) is 0 Å². The number of rotatable bonds is 4. The van der Waals surface area contributed by atoms with Crippen molar-refractivity contribution in [2.24, 2.45) is 5.73 Å². The van der Waals surface area contributed by atoms with E-state index in [4.69, 9.17) is 5.73 Å². The van der Waals surface area contributed by atoms with Crippen LogP contribution < -0.4 is 11.1 Å². The zero-order valence-electron chi connectivity index (χ0n) is 8.87. The number of halogens is 1. The minimum Gasteiger partial charge on any atom is -0.370 e. The Morgan fingerprint density at radius 2 is 1.94 bits per heavy atom. The van der Waals surface area contributed by atoms with Gasteiger partial charge >= 0.3 is 0 Å². The monoisotopic (exact) mass is 332 g/mol. The van der Waals surface area contributed by atoms with Gasteiger partial charge in [-0.3, -0.25) is 9.59 Å². The molecule has 0 saturated heterocycles. The predicted molar refractivity (Wildman–Crippen MR) is 69.9 cm³/mol. The van der Waals surface area contributed by atoms with Gasteiger partial charge < -0.3 is 11.1 Å². The van der Waals surface area contributed by atoms with Crippen molar-refractivity contribution in [1.29, 1.82) is 0 Å². The quantitative estimate of drug-likeness (QED) is 0.816. The molecule has 3 N–H and O–H groups in total. The Labute approximate surface area is 108 Å². The molecule has 16 heavy (non-hydrogen) atoms. The van der Waals surface area contributed by atoms with Crippen LogP contribution in [0.3, 0.4) is 0 Å². The maximum atomic E-state index is 11.7. The van der Waals surface area contributed by atoms with E-state index in [0.29, 0.717) is 5.56 Å². The first-order valence-electron chi connectivity index (χ1n) is 4.84. The average molecular weight is 332 g/mol. The Morgan fingerprint density at radius 3 is 2.44 bits per heavy atom. The van der Waals surface area contributed by atoms with Gasteiger partial charge in [0, 0.05) is 21.6 Å². The van der Waals surface area contributed by atoms with E-state index in [9.17, 15) is 9.59 Å². The van der Waals surface area contributed by atoms with Crippen LogP contribution in [0.25, 0.3) is 0 Å². The van der Waals surface area contributed by atoms with Gasteiger partial charge in [-0.2, -0.15) is 0 Å². The minimum atomic E-state index is -0.421. The first kappa shape index (κ1) is 13.0. The van der Waals surface area contributed by atoms with Gasteiger partial charge in [0.2, 0.25) is 5.91 Å². The number of nitrogens with two attached hydrogens (primary N) is 1. The summed E-state index contributed by atoms with van der Waals surface area (Å²) in [7, 11) is 0. The van der Waals surface area contributed by atoms with Crippen molar-refractivity contribution < 1.29 is 9.59 Å². The summed E-state index contributed by atoms with van der Waals surface area (Å²) in [5.41, 5.74) is 5.62. The number of carbonyl (C=O) groups excluding carboxylic acids is 2. The molecule has 1 aromatic rings. The van der Waals surface area contributed by atoms with Crippen LogP contribution in [0.5, 0.6) is 0 Å². The third kappa shape index (κ3) is 4.18. The van der Waals surface area contributed by atoms with E-state index < -0.39 is 5.91 Å². The summed E-state index contributed by atoms with van der Waals surface area (Å²) in [5, 5.41) is 2.70. The van der Waals surface area contributed by atoms with Crippen molar-refractivity contribution in [2.75, 3.05) is 0 Å². The van der Waals surface area contributed by atoms with Gasteiger partial charge in [-0.15, -0.1) is 0 Å². The number of primary amides is 1. The Morgan fingerprint density at radius 1 is 1.38 bits per heavy atom. The van der Waals surface area contributed by atoms with Crippen molar-refractivity contribution >= 4 is 34.4 Å². The second-order valence-electron chi connectivity index (χ2n) is 3.55. The lowest BCUT2D eigenvalue weighted by Crippen LogP contribution is -2.35. The topological polar surface area (TPSA) is 72.2 Å². The van der Waals surface area contributed by atoms with Gasteiger partial charge in [-0.05, 0) is 53.8 Å². The summed E-state index contributed by atoms with van der Waals surface area (Å²) in [6.45, 7) is 1.75. The second-order valence-corrected chi connectivity index (χ2v) is 4.80. The zero-order valence-corrected chi connectivity index (χ0v) is 11.0. The number of hydrogen-bond donors (Lipinski definition) is 2. The van der Waals surface area contributed by atoms with E-state index in [2.05, 4.69) is 27.9 Å². The molecule has 0 spiro atoms. The molecule has 0 saturated carbocycles. The highest BCUT2D eigenvalue weighted by Crippen LogP contribution is 2.07. The van der Waals surface area contributed by atoms with Gasteiger partial charge in [0.05, 0.1) is 0 Å². The largest absolute Gasteiger partial charge is 0.370 e. The van der Waals surface area contributed by atoms with Crippen LogP contribution in [0.2, 0.25) is 0 Å². The maximum absolute atomic E-state index is 11.7. The van der Waals surface area contributed by atoms with E-state index in [-0.39, 0.29) is 18.4 Å². The van der Waals surface area contributed by atoms with Gasteiger partial charge in [-0.25, -0.2) is 0 Å². The van der Waals surface area contributed by atoms with Gasteiger partial charge in [-0.1, -0.05) is 0 Å². The van der Waals surface area contributed by atoms with Crippen LogP contribution in [-0.4, -0.2) is 17.9 Å². The van der Waals surface area contributed by atoms with Crippen LogP contribution in [0.4, 0.5) is 0 Å². The van der Waals surface area contributed by atoms with Crippen LogP contribution in [0, 0.1) is 3.57 Å². The van der Waals surface area contributed by atoms with Crippen molar-refractivity contribution in [2.45, 2.75) is 19.4 Å². The average Bonchev–Trinajstić information content (AvgIpc) is 2.16. The molecule has 0 heterocycles. The molecule has 0 radical (unpaired) electrons. The molecule has 1 rings (SSSR count). The SMILES string of the molecule is CC(CC(N)=O)NC(=O)c1ccc(I)cc1.